The number of nitrogens with zero attached hydrogens (tertiary/aromatic N) is 1. The largest absolute Gasteiger partial charge is 0.494 e. The Balaban J connectivity index is 1.51. The lowest BCUT2D eigenvalue weighted by Crippen LogP contribution is -2.39. The second-order valence-corrected chi connectivity index (χ2v) is 7.24. The number of benzene rings is 2. The molecule has 0 unspecified atom stereocenters. The number of hydrogen-bond donors (Lipinski definition) is 1. The fourth-order valence-corrected chi connectivity index (χ4v) is 3.76. The zero-order valence-corrected chi connectivity index (χ0v) is 16.3. The lowest BCUT2D eigenvalue weighted by molar-refractivity contribution is -0.131. The molecule has 2 aromatic carbocycles. The van der Waals surface area contributed by atoms with Crippen LogP contribution in [-0.4, -0.2) is 41.6 Å². The third kappa shape index (κ3) is 5.12. The first-order valence-corrected chi connectivity index (χ1v) is 9.87. The maximum Gasteiger partial charge on any atom is 0.335 e. The Labute approximate surface area is 165 Å². The number of hydrogen-bond acceptors (Lipinski definition) is 3. The summed E-state index contributed by atoms with van der Waals surface area (Å²) in [7, 11) is 0. The Hall–Kier alpha value is -2.82. The number of ether oxygens (including phenoxy) is 1. The van der Waals surface area contributed by atoms with E-state index in [1.165, 1.54) is 0 Å². The van der Waals surface area contributed by atoms with Gasteiger partial charge in [0.1, 0.15) is 5.75 Å². The number of carbonyl (C=O) groups excluding carboxylic acids is 1. The minimum atomic E-state index is -0.876. The molecule has 5 nitrogen and oxygen atoms in total. The first-order valence-electron chi connectivity index (χ1n) is 9.87. The highest BCUT2D eigenvalue weighted by atomic mass is 16.5. The Morgan fingerprint density at radius 2 is 1.75 bits per heavy atom. The van der Waals surface area contributed by atoms with Crippen molar-refractivity contribution < 1.29 is 19.4 Å². The van der Waals surface area contributed by atoms with Crippen molar-refractivity contribution in [2.75, 3.05) is 19.7 Å². The van der Waals surface area contributed by atoms with E-state index < -0.39 is 5.97 Å². The van der Waals surface area contributed by atoms with Gasteiger partial charge in [0.15, 0.2) is 0 Å². The lowest BCUT2D eigenvalue weighted by Gasteiger charge is -2.32. The van der Waals surface area contributed by atoms with Gasteiger partial charge in [0.2, 0.25) is 5.91 Å². The van der Waals surface area contributed by atoms with E-state index in [9.17, 15) is 14.7 Å². The topological polar surface area (TPSA) is 66.8 Å². The van der Waals surface area contributed by atoms with Crippen molar-refractivity contribution in [3.63, 3.8) is 0 Å². The van der Waals surface area contributed by atoms with Gasteiger partial charge < -0.3 is 14.7 Å². The van der Waals surface area contributed by atoms with Crippen LogP contribution in [0.25, 0.3) is 0 Å². The van der Waals surface area contributed by atoms with Gasteiger partial charge in [0.05, 0.1) is 18.6 Å². The van der Waals surface area contributed by atoms with Crippen molar-refractivity contribution in [1.82, 2.24) is 4.90 Å². The number of carboxylic acids is 1. The van der Waals surface area contributed by atoms with Gasteiger partial charge in [-0.2, -0.15) is 0 Å². The fourth-order valence-electron chi connectivity index (χ4n) is 3.76. The van der Waals surface area contributed by atoms with Gasteiger partial charge >= 0.3 is 5.97 Å². The van der Waals surface area contributed by atoms with Crippen molar-refractivity contribution in [2.45, 2.75) is 32.6 Å². The molecule has 148 valence electrons. The van der Waals surface area contributed by atoms with Crippen LogP contribution in [0.1, 0.15) is 41.3 Å². The van der Waals surface area contributed by atoms with Gasteiger partial charge in [-0.25, -0.2) is 4.79 Å². The second-order valence-electron chi connectivity index (χ2n) is 7.24. The SMILES string of the molecule is CCOc1ccc(CC(=O)N2CCC(Cc3ccccc3C(=O)O)CC2)cc1. The average Bonchev–Trinajstić information content (AvgIpc) is 2.70. The van der Waals surface area contributed by atoms with E-state index >= 15 is 0 Å². The van der Waals surface area contributed by atoms with E-state index in [0.717, 1.165) is 49.2 Å². The zero-order valence-electron chi connectivity index (χ0n) is 16.3. The summed E-state index contributed by atoms with van der Waals surface area (Å²) in [6, 6.07) is 14.9. The molecule has 0 spiro atoms. The van der Waals surface area contributed by atoms with E-state index in [4.69, 9.17) is 4.74 Å². The first-order chi connectivity index (χ1) is 13.6. The van der Waals surface area contributed by atoms with Gasteiger partial charge in [0.25, 0.3) is 0 Å². The van der Waals surface area contributed by atoms with Gasteiger partial charge in [-0.15, -0.1) is 0 Å². The average molecular weight is 381 g/mol. The number of carbonyl (C=O) groups is 2. The molecule has 0 aliphatic carbocycles. The molecule has 5 heteroatoms. The molecule has 1 heterocycles. The standard InChI is InChI=1S/C23H27NO4/c1-2-28-20-9-7-17(8-10-20)16-22(25)24-13-11-18(12-14-24)15-19-5-3-4-6-21(19)23(26)27/h3-10,18H,2,11-16H2,1H3,(H,26,27). The monoisotopic (exact) mass is 381 g/mol. The van der Waals surface area contributed by atoms with Gasteiger partial charge in [0, 0.05) is 13.1 Å². The molecule has 0 radical (unpaired) electrons. The predicted molar refractivity (Wildman–Crippen MR) is 108 cm³/mol. The van der Waals surface area contributed by atoms with Crippen LogP contribution >= 0.6 is 0 Å². The molecule has 0 atom stereocenters. The Morgan fingerprint density at radius 1 is 1.07 bits per heavy atom. The fraction of sp³-hybridized carbons (Fsp3) is 0.391. The predicted octanol–water partition coefficient (Wildman–Crippen LogP) is 3.81. The number of amides is 1. The van der Waals surface area contributed by atoms with Crippen molar-refractivity contribution in [1.29, 1.82) is 0 Å². The molecule has 2 aromatic rings. The number of aromatic carboxylic acids is 1. The van der Waals surface area contributed by atoms with E-state index in [2.05, 4.69) is 0 Å². The summed E-state index contributed by atoms with van der Waals surface area (Å²) in [6.07, 6.45) is 2.97. The van der Waals surface area contributed by atoms with Crippen molar-refractivity contribution >= 4 is 11.9 Å². The summed E-state index contributed by atoms with van der Waals surface area (Å²) in [4.78, 5) is 25.9. The molecular weight excluding hydrogens is 354 g/mol. The highest BCUT2D eigenvalue weighted by Crippen LogP contribution is 2.24. The van der Waals surface area contributed by atoms with E-state index in [1.54, 1.807) is 12.1 Å². The lowest BCUT2D eigenvalue weighted by atomic mass is 9.88. The molecule has 0 saturated carbocycles. The summed E-state index contributed by atoms with van der Waals surface area (Å²) in [6.45, 7) is 4.04. The molecule has 28 heavy (non-hydrogen) atoms. The van der Waals surface area contributed by atoms with Crippen LogP contribution in [0, 0.1) is 5.92 Å². The van der Waals surface area contributed by atoms with Crippen LogP contribution in [-0.2, 0) is 17.6 Å². The van der Waals surface area contributed by atoms with Gasteiger partial charge in [-0.1, -0.05) is 30.3 Å². The quantitative estimate of drug-likeness (QED) is 0.792. The summed E-state index contributed by atoms with van der Waals surface area (Å²) in [5, 5.41) is 9.34. The van der Waals surface area contributed by atoms with E-state index in [0.29, 0.717) is 24.5 Å². The van der Waals surface area contributed by atoms with Crippen LogP contribution in [0.5, 0.6) is 5.75 Å². The normalized spacial score (nSPS) is 14.7. The van der Waals surface area contributed by atoms with Crippen LogP contribution in [0.15, 0.2) is 48.5 Å². The van der Waals surface area contributed by atoms with Crippen molar-refractivity contribution in [3.8, 4) is 5.75 Å². The number of piperidine rings is 1. The van der Waals surface area contributed by atoms with Crippen molar-refractivity contribution in [3.05, 3.63) is 65.2 Å². The van der Waals surface area contributed by atoms with Gasteiger partial charge in [-0.05, 0) is 61.4 Å². The summed E-state index contributed by atoms with van der Waals surface area (Å²) in [5.74, 6) is 0.503. The highest BCUT2D eigenvalue weighted by Gasteiger charge is 2.24. The molecule has 1 aliphatic rings. The Morgan fingerprint density at radius 3 is 2.39 bits per heavy atom. The molecule has 0 bridgehead atoms. The molecule has 1 aliphatic heterocycles. The Bertz CT molecular complexity index is 808. The maximum atomic E-state index is 12.6. The number of carboxylic acid groups (broad SMARTS) is 1. The molecule has 1 fully saturated rings. The number of rotatable bonds is 7. The molecule has 1 N–H and O–H groups in total. The van der Waals surface area contributed by atoms with E-state index in [-0.39, 0.29) is 5.91 Å². The Kier molecular flexibility index (Phi) is 6.69. The van der Waals surface area contributed by atoms with Gasteiger partial charge in [-0.3, -0.25) is 4.79 Å². The molecule has 0 aromatic heterocycles. The third-order valence-electron chi connectivity index (χ3n) is 5.31. The summed E-state index contributed by atoms with van der Waals surface area (Å²) in [5.41, 5.74) is 2.26. The molecule has 1 saturated heterocycles. The maximum absolute atomic E-state index is 12.6. The number of likely N-dealkylation sites (tertiary alicyclic amines) is 1. The first kappa shape index (κ1) is 19.9. The van der Waals surface area contributed by atoms with E-state index in [1.807, 2.05) is 48.2 Å². The second kappa shape index (κ2) is 9.40. The zero-order chi connectivity index (χ0) is 19.9. The molecule has 3 rings (SSSR count). The minimum absolute atomic E-state index is 0.147. The van der Waals surface area contributed by atoms with Crippen LogP contribution < -0.4 is 4.74 Å². The summed E-state index contributed by atoms with van der Waals surface area (Å²) >= 11 is 0. The highest BCUT2D eigenvalue weighted by molar-refractivity contribution is 5.89. The smallest absolute Gasteiger partial charge is 0.335 e. The van der Waals surface area contributed by atoms with Crippen molar-refractivity contribution in [2.24, 2.45) is 5.92 Å². The molecule has 1 amide bonds. The third-order valence-corrected chi connectivity index (χ3v) is 5.31. The van der Waals surface area contributed by atoms with Crippen LogP contribution in [0.4, 0.5) is 0 Å². The van der Waals surface area contributed by atoms with Crippen LogP contribution in [0.3, 0.4) is 0 Å². The minimum Gasteiger partial charge on any atom is -0.494 e. The molecular formula is C23H27NO4. The summed E-state index contributed by atoms with van der Waals surface area (Å²) < 4.78 is 5.43. The van der Waals surface area contributed by atoms with Crippen LogP contribution in [0.2, 0.25) is 0 Å².